The number of aryl methyl sites for hydroxylation is 1. The Labute approximate surface area is 170 Å². The standard InChI is InChI=1S/C23H26N2O4/c1-14-9-18(12-22(28-4)15(14)2)23-20(13-25-29-23)16-5-6-21(27-3)17(10-16)11-19(26)7-8-24/h5-6,9-10,12-13H,7-8,11,24H2,1-4H3. The van der Waals surface area contributed by atoms with Gasteiger partial charge in [-0.1, -0.05) is 11.2 Å². The summed E-state index contributed by atoms with van der Waals surface area (Å²) in [4.78, 5) is 12.1. The summed E-state index contributed by atoms with van der Waals surface area (Å²) in [7, 11) is 3.25. The number of hydrogen-bond acceptors (Lipinski definition) is 6. The van der Waals surface area contributed by atoms with E-state index in [0.717, 1.165) is 39.1 Å². The summed E-state index contributed by atoms with van der Waals surface area (Å²) in [5.41, 5.74) is 11.1. The van der Waals surface area contributed by atoms with Crippen molar-refractivity contribution in [3.05, 3.63) is 53.2 Å². The highest BCUT2D eigenvalue weighted by Crippen LogP contribution is 2.37. The first-order valence-corrected chi connectivity index (χ1v) is 9.47. The number of rotatable bonds is 8. The van der Waals surface area contributed by atoms with Crippen LogP contribution in [0.5, 0.6) is 11.5 Å². The molecule has 0 spiro atoms. The van der Waals surface area contributed by atoms with Crippen LogP contribution in [0.15, 0.2) is 41.1 Å². The lowest BCUT2D eigenvalue weighted by Gasteiger charge is -2.12. The molecule has 0 fully saturated rings. The van der Waals surface area contributed by atoms with E-state index in [2.05, 4.69) is 11.2 Å². The molecule has 2 aromatic carbocycles. The monoisotopic (exact) mass is 394 g/mol. The summed E-state index contributed by atoms with van der Waals surface area (Å²) in [6, 6.07) is 9.74. The zero-order valence-electron chi connectivity index (χ0n) is 17.2. The summed E-state index contributed by atoms with van der Waals surface area (Å²) >= 11 is 0. The van der Waals surface area contributed by atoms with Crippen LogP contribution in [0.4, 0.5) is 0 Å². The van der Waals surface area contributed by atoms with Gasteiger partial charge < -0.3 is 19.7 Å². The lowest BCUT2D eigenvalue weighted by molar-refractivity contribution is -0.118. The van der Waals surface area contributed by atoms with Crippen LogP contribution < -0.4 is 15.2 Å². The Morgan fingerprint density at radius 1 is 1.07 bits per heavy atom. The minimum Gasteiger partial charge on any atom is -0.496 e. The maximum atomic E-state index is 12.1. The van der Waals surface area contributed by atoms with Gasteiger partial charge in [-0.15, -0.1) is 0 Å². The second-order valence-electron chi connectivity index (χ2n) is 6.97. The van der Waals surface area contributed by atoms with E-state index in [9.17, 15) is 4.79 Å². The van der Waals surface area contributed by atoms with Gasteiger partial charge in [0.05, 0.1) is 20.4 Å². The Morgan fingerprint density at radius 2 is 1.83 bits per heavy atom. The third-order valence-electron chi connectivity index (χ3n) is 5.07. The molecule has 0 bridgehead atoms. The van der Waals surface area contributed by atoms with Gasteiger partial charge in [-0.25, -0.2) is 0 Å². The van der Waals surface area contributed by atoms with E-state index in [0.29, 0.717) is 24.5 Å². The van der Waals surface area contributed by atoms with Crippen molar-refractivity contribution in [2.24, 2.45) is 5.73 Å². The van der Waals surface area contributed by atoms with E-state index in [1.807, 2.05) is 38.1 Å². The van der Waals surface area contributed by atoms with E-state index in [1.165, 1.54) is 0 Å². The number of nitrogens with zero attached hydrogens (tertiary/aromatic N) is 1. The molecule has 6 heteroatoms. The molecule has 0 amide bonds. The molecular weight excluding hydrogens is 368 g/mol. The van der Waals surface area contributed by atoms with Gasteiger partial charge in [0.15, 0.2) is 5.76 Å². The van der Waals surface area contributed by atoms with Crippen LogP contribution in [0.1, 0.15) is 23.1 Å². The van der Waals surface area contributed by atoms with Crippen molar-refractivity contribution in [1.29, 1.82) is 0 Å². The van der Waals surface area contributed by atoms with E-state index in [1.54, 1.807) is 20.4 Å². The fraction of sp³-hybridized carbons (Fsp3) is 0.304. The molecule has 1 heterocycles. The summed E-state index contributed by atoms with van der Waals surface area (Å²) < 4.78 is 16.5. The topological polar surface area (TPSA) is 87.6 Å². The quantitative estimate of drug-likeness (QED) is 0.619. The van der Waals surface area contributed by atoms with E-state index in [-0.39, 0.29) is 12.2 Å². The normalized spacial score (nSPS) is 10.8. The van der Waals surface area contributed by atoms with Gasteiger partial charge in [-0.3, -0.25) is 4.79 Å². The third kappa shape index (κ3) is 4.32. The molecule has 29 heavy (non-hydrogen) atoms. The number of hydrogen-bond donors (Lipinski definition) is 1. The Bertz CT molecular complexity index is 1020. The molecule has 0 aliphatic heterocycles. The van der Waals surface area contributed by atoms with Gasteiger partial charge in [0, 0.05) is 29.5 Å². The predicted molar refractivity (Wildman–Crippen MR) is 112 cm³/mol. The number of nitrogens with two attached hydrogens (primary N) is 1. The van der Waals surface area contributed by atoms with Crippen LogP contribution in [0, 0.1) is 13.8 Å². The first-order chi connectivity index (χ1) is 14.0. The summed E-state index contributed by atoms with van der Waals surface area (Å²) in [5, 5.41) is 4.01. The zero-order valence-corrected chi connectivity index (χ0v) is 17.2. The van der Waals surface area contributed by atoms with Gasteiger partial charge in [-0.05, 0) is 61.3 Å². The van der Waals surface area contributed by atoms with E-state index in [4.69, 9.17) is 19.7 Å². The van der Waals surface area contributed by atoms with Crippen LogP contribution in [-0.2, 0) is 11.2 Å². The van der Waals surface area contributed by atoms with E-state index < -0.39 is 0 Å². The fourth-order valence-electron chi connectivity index (χ4n) is 3.37. The molecule has 3 aromatic rings. The average Bonchev–Trinajstić information content (AvgIpc) is 3.20. The summed E-state index contributed by atoms with van der Waals surface area (Å²) in [5.74, 6) is 2.19. The Kier molecular flexibility index (Phi) is 6.34. The van der Waals surface area contributed by atoms with Crippen molar-refractivity contribution in [2.75, 3.05) is 20.8 Å². The largest absolute Gasteiger partial charge is 0.496 e. The first kappa shape index (κ1) is 20.6. The molecule has 0 aliphatic rings. The van der Waals surface area contributed by atoms with Crippen LogP contribution in [0.25, 0.3) is 22.5 Å². The predicted octanol–water partition coefficient (Wildman–Crippen LogP) is 4.10. The minimum absolute atomic E-state index is 0.0763. The second-order valence-corrected chi connectivity index (χ2v) is 6.97. The van der Waals surface area contributed by atoms with Crippen molar-refractivity contribution < 1.29 is 18.8 Å². The molecule has 3 rings (SSSR count). The van der Waals surface area contributed by atoms with Crippen molar-refractivity contribution in [3.8, 4) is 33.9 Å². The van der Waals surface area contributed by atoms with E-state index >= 15 is 0 Å². The Balaban J connectivity index is 2.05. The number of carbonyl (C=O) groups is 1. The Morgan fingerprint density at radius 3 is 2.52 bits per heavy atom. The molecule has 152 valence electrons. The highest BCUT2D eigenvalue weighted by molar-refractivity contribution is 5.84. The van der Waals surface area contributed by atoms with Crippen molar-refractivity contribution in [3.63, 3.8) is 0 Å². The van der Waals surface area contributed by atoms with Gasteiger partial charge in [0.1, 0.15) is 17.3 Å². The third-order valence-corrected chi connectivity index (χ3v) is 5.07. The minimum atomic E-state index is 0.0763. The van der Waals surface area contributed by atoms with Crippen molar-refractivity contribution >= 4 is 5.78 Å². The van der Waals surface area contributed by atoms with Gasteiger partial charge >= 0.3 is 0 Å². The number of ether oxygens (including phenoxy) is 2. The maximum absolute atomic E-state index is 12.1. The fourth-order valence-corrected chi connectivity index (χ4v) is 3.37. The molecule has 0 saturated heterocycles. The number of benzene rings is 2. The molecule has 0 saturated carbocycles. The van der Waals surface area contributed by atoms with Gasteiger partial charge in [-0.2, -0.15) is 0 Å². The molecular formula is C23H26N2O4. The zero-order chi connectivity index (χ0) is 21.0. The summed E-state index contributed by atoms with van der Waals surface area (Å²) in [6.45, 7) is 4.39. The Hall–Kier alpha value is -3.12. The highest BCUT2D eigenvalue weighted by atomic mass is 16.5. The molecule has 2 N–H and O–H groups in total. The smallest absolute Gasteiger partial charge is 0.174 e. The highest BCUT2D eigenvalue weighted by Gasteiger charge is 2.18. The lowest BCUT2D eigenvalue weighted by Crippen LogP contribution is -2.10. The van der Waals surface area contributed by atoms with Crippen molar-refractivity contribution in [1.82, 2.24) is 5.16 Å². The van der Waals surface area contributed by atoms with Crippen LogP contribution >= 0.6 is 0 Å². The number of carbonyl (C=O) groups excluding carboxylic acids is 1. The van der Waals surface area contributed by atoms with Crippen molar-refractivity contribution in [2.45, 2.75) is 26.7 Å². The molecule has 6 nitrogen and oxygen atoms in total. The lowest BCUT2D eigenvalue weighted by atomic mass is 9.96. The molecule has 0 atom stereocenters. The number of aromatic nitrogens is 1. The number of methoxy groups -OCH3 is 2. The van der Waals surface area contributed by atoms with Crippen LogP contribution in [0.3, 0.4) is 0 Å². The second kappa shape index (κ2) is 8.92. The SMILES string of the molecule is COc1ccc(-c2cnoc2-c2cc(C)c(C)c(OC)c2)cc1CC(=O)CCN. The molecule has 1 aromatic heterocycles. The van der Waals surface area contributed by atoms with Gasteiger partial charge in [0.2, 0.25) is 0 Å². The van der Waals surface area contributed by atoms with Crippen LogP contribution in [0.2, 0.25) is 0 Å². The van der Waals surface area contributed by atoms with Crippen LogP contribution in [-0.4, -0.2) is 31.7 Å². The molecule has 0 aliphatic carbocycles. The molecule has 0 radical (unpaired) electrons. The van der Waals surface area contributed by atoms with Gasteiger partial charge in [0.25, 0.3) is 0 Å². The average molecular weight is 394 g/mol. The molecule has 0 unspecified atom stereocenters. The first-order valence-electron chi connectivity index (χ1n) is 9.47. The maximum Gasteiger partial charge on any atom is 0.174 e. The summed E-state index contributed by atoms with van der Waals surface area (Å²) in [6.07, 6.45) is 2.30. The number of ketones is 1. The number of Topliss-reactive ketones (excluding diaryl/α,β-unsaturated/α-hetero) is 1.